The summed E-state index contributed by atoms with van der Waals surface area (Å²) in [4.78, 5) is 0. The van der Waals surface area contributed by atoms with Gasteiger partial charge in [0.25, 0.3) is 0 Å². The molecule has 0 aromatic rings. The van der Waals surface area contributed by atoms with Gasteiger partial charge in [0.2, 0.25) is 0 Å². The van der Waals surface area contributed by atoms with Crippen LogP contribution in [0.4, 0.5) is 0 Å². The molecule has 81 valence electrons. The van der Waals surface area contributed by atoms with Gasteiger partial charge in [-0.2, -0.15) is 12.6 Å². The second-order valence-electron chi connectivity index (χ2n) is 3.91. The van der Waals surface area contributed by atoms with Gasteiger partial charge in [0.1, 0.15) is 0 Å². The minimum absolute atomic E-state index is 0. The van der Waals surface area contributed by atoms with Crippen molar-refractivity contribution in [1.29, 1.82) is 0 Å². The molecular formula is C12H26LiS. The van der Waals surface area contributed by atoms with E-state index in [4.69, 9.17) is 0 Å². The van der Waals surface area contributed by atoms with Crippen molar-refractivity contribution in [3.05, 3.63) is 0 Å². The Morgan fingerprint density at radius 1 is 0.643 bits per heavy atom. The molecule has 0 nitrogen and oxygen atoms in total. The first kappa shape index (κ1) is 17.3. The Balaban J connectivity index is 0. The minimum Gasteiger partial charge on any atom is -0.179 e. The van der Waals surface area contributed by atoms with Crippen molar-refractivity contribution in [1.82, 2.24) is 0 Å². The Morgan fingerprint density at radius 3 is 1.36 bits per heavy atom. The summed E-state index contributed by atoms with van der Waals surface area (Å²) in [6, 6.07) is 0. The summed E-state index contributed by atoms with van der Waals surface area (Å²) in [6.07, 6.45) is 14.2. The first-order valence-corrected chi connectivity index (χ1v) is 6.66. The summed E-state index contributed by atoms with van der Waals surface area (Å²) in [5.74, 6) is 1.07. The number of rotatable bonds is 10. The number of thiol groups is 1. The van der Waals surface area contributed by atoms with Crippen LogP contribution in [0.3, 0.4) is 0 Å². The fourth-order valence-electron chi connectivity index (χ4n) is 1.60. The van der Waals surface area contributed by atoms with Crippen LogP contribution in [0.1, 0.15) is 71.1 Å². The summed E-state index contributed by atoms with van der Waals surface area (Å²) in [7, 11) is 0. The summed E-state index contributed by atoms with van der Waals surface area (Å²) < 4.78 is 0. The number of hydrogen-bond acceptors (Lipinski definition) is 1. The van der Waals surface area contributed by atoms with E-state index in [1.165, 1.54) is 64.2 Å². The van der Waals surface area contributed by atoms with Gasteiger partial charge in [0.05, 0.1) is 0 Å². The van der Waals surface area contributed by atoms with Crippen LogP contribution in [0.5, 0.6) is 0 Å². The van der Waals surface area contributed by atoms with Gasteiger partial charge in [-0.15, -0.1) is 0 Å². The summed E-state index contributed by atoms with van der Waals surface area (Å²) >= 11 is 4.20. The van der Waals surface area contributed by atoms with E-state index >= 15 is 0 Å². The Bertz CT molecular complexity index is 76.4. The number of hydrogen-bond donors (Lipinski definition) is 1. The van der Waals surface area contributed by atoms with E-state index in [2.05, 4.69) is 19.6 Å². The van der Waals surface area contributed by atoms with Crippen molar-refractivity contribution in [2.75, 3.05) is 5.75 Å². The summed E-state index contributed by atoms with van der Waals surface area (Å²) in [6.45, 7) is 2.28. The molecule has 0 N–H and O–H groups in total. The third-order valence-corrected chi connectivity index (χ3v) is 2.83. The molecule has 0 aliphatic carbocycles. The molecule has 14 heavy (non-hydrogen) atoms. The topological polar surface area (TPSA) is 0 Å². The van der Waals surface area contributed by atoms with Crippen molar-refractivity contribution >= 4 is 31.5 Å². The van der Waals surface area contributed by atoms with Gasteiger partial charge in [-0.3, -0.25) is 0 Å². The molecule has 0 aliphatic rings. The molecular weight excluding hydrogens is 183 g/mol. The molecule has 0 aromatic heterocycles. The van der Waals surface area contributed by atoms with Crippen LogP contribution in [-0.2, 0) is 0 Å². The van der Waals surface area contributed by atoms with Gasteiger partial charge >= 0.3 is 0 Å². The van der Waals surface area contributed by atoms with Gasteiger partial charge in [-0.05, 0) is 12.2 Å². The van der Waals surface area contributed by atoms with Crippen LogP contribution >= 0.6 is 12.6 Å². The summed E-state index contributed by atoms with van der Waals surface area (Å²) in [5.41, 5.74) is 0. The van der Waals surface area contributed by atoms with E-state index in [0.717, 1.165) is 5.75 Å². The minimum atomic E-state index is 0. The predicted octanol–water partition coefficient (Wildman–Crippen LogP) is 4.46. The first-order chi connectivity index (χ1) is 6.41. The van der Waals surface area contributed by atoms with Crippen LogP contribution in [0.2, 0.25) is 0 Å². The molecule has 0 aromatic carbocycles. The Labute approximate surface area is 108 Å². The van der Waals surface area contributed by atoms with E-state index in [1.807, 2.05) is 0 Å². The second kappa shape index (κ2) is 16.4. The van der Waals surface area contributed by atoms with Crippen molar-refractivity contribution in [2.45, 2.75) is 71.1 Å². The predicted molar refractivity (Wildman–Crippen MR) is 71.5 cm³/mol. The standard InChI is InChI=1S/C12H26S.Li/c1-2-3-4-5-6-7-8-9-10-11-12-13;/h13H,2-12H2,1H3;. The van der Waals surface area contributed by atoms with E-state index in [-0.39, 0.29) is 18.9 Å². The third kappa shape index (κ3) is 15.4. The Kier molecular flexibility index (Phi) is 20.3. The van der Waals surface area contributed by atoms with Crippen LogP contribution in [0, 0.1) is 0 Å². The van der Waals surface area contributed by atoms with E-state index in [9.17, 15) is 0 Å². The zero-order valence-electron chi connectivity index (χ0n) is 10.2. The van der Waals surface area contributed by atoms with Crippen LogP contribution in [0.15, 0.2) is 0 Å². The zero-order chi connectivity index (χ0) is 9.78. The molecule has 0 aliphatic heterocycles. The maximum Gasteiger partial charge on any atom is 0 e. The van der Waals surface area contributed by atoms with Crippen molar-refractivity contribution in [3.63, 3.8) is 0 Å². The van der Waals surface area contributed by atoms with Gasteiger partial charge in [0.15, 0.2) is 0 Å². The molecule has 2 heteroatoms. The molecule has 0 saturated heterocycles. The second-order valence-corrected chi connectivity index (χ2v) is 4.35. The smallest absolute Gasteiger partial charge is 0 e. The van der Waals surface area contributed by atoms with Crippen LogP contribution in [-0.4, -0.2) is 24.6 Å². The van der Waals surface area contributed by atoms with Gasteiger partial charge in [-0.1, -0.05) is 64.7 Å². The van der Waals surface area contributed by atoms with E-state index < -0.39 is 0 Å². The van der Waals surface area contributed by atoms with Gasteiger partial charge in [0, 0.05) is 18.9 Å². The molecule has 1 radical (unpaired) electrons. The Hall–Kier alpha value is 0.947. The maximum absolute atomic E-state index is 4.20. The monoisotopic (exact) mass is 209 g/mol. The van der Waals surface area contributed by atoms with Crippen LogP contribution < -0.4 is 0 Å². The third-order valence-electron chi connectivity index (χ3n) is 2.51. The van der Waals surface area contributed by atoms with Crippen molar-refractivity contribution in [3.8, 4) is 0 Å². The number of unbranched alkanes of at least 4 members (excludes halogenated alkanes) is 9. The van der Waals surface area contributed by atoms with Crippen LogP contribution in [0.25, 0.3) is 0 Å². The van der Waals surface area contributed by atoms with Crippen molar-refractivity contribution < 1.29 is 0 Å². The molecule has 0 spiro atoms. The maximum atomic E-state index is 4.20. The summed E-state index contributed by atoms with van der Waals surface area (Å²) in [5, 5.41) is 0. The largest absolute Gasteiger partial charge is 0.179 e. The van der Waals surface area contributed by atoms with Gasteiger partial charge < -0.3 is 0 Å². The molecule has 0 unspecified atom stereocenters. The molecule has 0 rings (SSSR count). The fraction of sp³-hybridized carbons (Fsp3) is 1.00. The SMILES string of the molecule is CCCCCCCCCCCCS.[Li]. The molecule has 0 bridgehead atoms. The average Bonchev–Trinajstić information content (AvgIpc) is 2.16. The average molecular weight is 209 g/mol. The normalized spacial score (nSPS) is 9.86. The van der Waals surface area contributed by atoms with E-state index in [1.54, 1.807) is 0 Å². The molecule has 0 amide bonds. The zero-order valence-corrected chi connectivity index (χ0v) is 11.1. The molecule has 0 saturated carbocycles. The fourth-order valence-corrected chi connectivity index (χ4v) is 1.82. The van der Waals surface area contributed by atoms with Crippen molar-refractivity contribution in [2.24, 2.45) is 0 Å². The quantitative estimate of drug-likeness (QED) is 0.306. The molecule has 0 fully saturated rings. The Morgan fingerprint density at radius 2 is 1.00 bits per heavy atom. The molecule has 0 heterocycles. The van der Waals surface area contributed by atoms with Gasteiger partial charge in [-0.25, -0.2) is 0 Å². The van der Waals surface area contributed by atoms with E-state index in [0.29, 0.717) is 0 Å². The molecule has 0 atom stereocenters. The first-order valence-electron chi connectivity index (χ1n) is 6.02.